The normalized spacial score (nSPS) is 13.7. The van der Waals surface area contributed by atoms with Crippen molar-refractivity contribution in [2.24, 2.45) is 0 Å². The van der Waals surface area contributed by atoms with Crippen LogP contribution in [0.25, 0.3) is 0 Å². The van der Waals surface area contributed by atoms with Gasteiger partial charge in [-0.3, -0.25) is 9.59 Å². The molecule has 4 rings (SSSR count). The molecule has 0 radical (unpaired) electrons. The lowest BCUT2D eigenvalue weighted by molar-refractivity contribution is -0.117. The monoisotopic (exact) mass is 428 g/mol. The Kier molecular flexibility index (Phi) is 5.86. The van der Waals surface area contributed by atoms with E-state index in [2.05, 4.69) is 15.5 Å². The molecule has 1 saturated heterocycles. The summed E-state index contributed by atoms with van der Waals surface area (Å²) in [4.78, 5) is 26.0. The number of hydrogen-bond donors (Lipinski definition) is 1. The van der Waals surface area contributed by atoms with E-state index in [-0.39, 0.29) is 23.3 Å². The summed E-state index contributed by atoms with van der Waals surface area (Å²) in [5.74, 6) is 0.0498. The van der Waals surface area contributed by atoms with Gasteiger partial charge in [-0.05, 0) is 55.0 Å². The molecule has 6 nitrogen and oxygen atoms in total. The van der Waals surface area contributed by atoms with Crippen LogP contribution in [-0.2, 0) is 4.79 Å². The van der Waals surface area contributed by atoms with Gasteiger partial charge in [0.25, 0.3) is 0 Å². The first-order valence-electron chi connectivity index (χ1n) is 9.01. The van der Waals surface area contributed by atoms with Gasteiger partial charge in [-0.15, -0.1) is 10.2 Å². The largest absolute Gasteiger partial charge is 0.330 e. The summed E-state index contributed by atoms with van der Waals surface area (Å²) < 4.78 is 13.6. The van der Waals surface area contributed by atoms with Gasteiger partial charge in [0, 0.05) is 29.9 Å². The number of nitrogens with zero attached hydrogens (tertiary/aromatic N) is 3. The van der Waals surface area contributed by atoms with Crippen molar-refractivity contribution in [3.8, 4) is 0 Å². The highest BCUT2D eigenvalue weighted by Crippen LogP contribution is 2.28. The summed E-state index contributed by atoms with van der Waals surface area (Å²) in [5.41, 5.74) is 2.14. The van der Waals surface area contributed by atoms with E-state index in [0.717, 1.165) is 18.7 Å². The summed E-state index contributed by atoms with van der Waals surface area (Å²) in [6.07, 6.45) is 1.45. The Morgan fingerprint density at radius 2 is 1.90 bits per heavy atom. The van der Waals surface area contributed by atoms with Crippen LogP contribution in [0, 0.1) is 5.82 Å². The van der Waals surface area contributed by atoms with Gasteiger partial charge in [0.2, 0.25) is 11.0 Å². The highest BCUT2D eigenvalue weighted by Gasteiger charge is 2.21. The second-order valence-electron chi connectivity index (χ2n) is 6.41. The standard InChI is InChI=1S/C20H17FN4O2S2/c21-14-5-7-15(8-6-14)22-19-23-24-20(29-19)28-12-17(26)13-3-9-16(10-4-13)25-11-1-2-18(25)27/h3-10H,1-2,11-12H2,(H,22,23). The number of rotatable bonds is 7. The predicted molar refractivity (Wildman–Crippen MR) is 113 cm³/mol. The van der Waals surface area contributed by atoms with Crippen molar-refractivity contribution in [2.75, 3.05) is 22.5 Å². The molecule has 0 spiro atoms. The number of benzene rings is 2. The molecule has 1 N–H and O–H groups in total. The summed E-state index contributed by atoms with van der Waals surface area (Å²) in [5, 5.41) is 11.7. The zero-order valence-electron chi connectivity index (χ0n) is 15.3. The summed E-state index contributed by atoms with van der Waals surface area (Å²) >= 11 is 2.65. The maximum atomic E-state index is 13.0. The number of thioether (sulfide) groups is 1. The molecule has 0 aliphatic carbocycles. The molecule has 0 atom stereocenters. The number of carbonyl (C=O) groups is 2. The van der Waals surface area contributed by atoms with Crippen molar-refractivity contribution in [3.63, 3.8) is 0 Å². The van der Waals surface area contributed by atoms with Crippen molar-refractivity contribution in [1.29, 1.82) is 0 Å². The van der Waals surface area contributed by atoms with Crippen LogP contribution in [-0.4, -0.2) is 34.2 Å². The van der Waals surface area contributed by atoms with Crippen LogP contribution in [0.1, 0.15) is 23.2 Å². The average molecular weight is 429 g/mol. The van der Waals surface area contributed by atoms with Crippen molar-refractivity contribution >= 4 is 51.3 Å². The lowest BCUT2D eigenvalue weighted by atomic mass is 10.1. The summed E-state index contributed by atoms with van der Waals surface area (Å²) in [6, 6.07) is 13.1. The molecule has 1 aliphatic rings. The van der Waals surface area contributed by atoms with Crippen LogP contribution in [0.2, 0.25) is 0 Å². The topological polar surface area (TPSA) is 75.2 Å². The van der Waals surface area contributed by atoms with Gasteiger partial charge >= 0.3 is 0 Å². The molecule has 29 heavy (non-hydrogen) atoms. The third kappa shape index (κ3) is 4.80. The van der Waals surface area contributed by atoms with Crippen LogP contribution >= 0.6 is 23.1 Å². The Morgan fingerprint density at radius 3 is 2.59 bits per heavy atom. The minimum Gasteiger partial charge on any atom is -0.330 e. The molecule has 2 heterocycles. The third-order valence-electron chi connectivity index (χ3n) is 4.40. The van der Waals surface area contributed by atoms with Gasteiger partial charge in [-0.1, -0.05) is 23.1 Å². The van der Waals surface area contributed by atoms with E-state index in [4.69, 9.17) is 0 Å². The molecule has 3 aromatic rings. The molecule has 1 fully saturated rings. The third-order valence-corrected chi connectivity index (χ3v) is 6.38. The number of Topliss-reactive ketones (excluding diaryl/α,β-unsaturated/α-hetero) is 1. The van der Waals surface area contributed by atoms with Crippen LogP contribution in [0.3, 0.4) is 0 Å². The van der Waals surface area contributed by atoms with Crippen LogP contribution in [0.15, 0.2) is 52.9 Å². The Hall–Kier alpha value is -2.78. The minimum absolute atomic E-state index is 0.0162. The fraction of sp³-hybridized carbons (Fsp3) is 0.200. The van der Waals surface area contributed by atoms with E-state index in [1.807, 2.05) is 12.1 Å². The molecule has 148 valence electrons. The van der Waals surface area contributed by atoms with Gasteiger partial charge in [0.15, 0.2) is 10.1 Å². The fourth-order valence-corrected chi connectivity index (χ4v) is 4.60. The van der Waals surface area contributed by atoms with E-state index in [9.17, 15) is 14.0 Å². The molecule has 1 amide bonds. The van der Waals surface area contributed by atoms with E-state index in [0.29, 0.717) is 27.1 Å². The number of amides is 1. The summed E-state index contributed by atoms with van der Waals surface area (Å²) in [6.45, 7) is 0.729. The van der Waals surface area contributed by atoms with Crippen molar-refractivity contribution in [2.45, 2.75) is 17.2 Å². The smallest absolute Gasteiger partial charge is 0.227 e. The zero-order chi connectivity index (χ0) is 20.2. The second kappa shape index (κ2) is 8.71. The second-order valence-corrected chi connectivity index (χ2v) is 8.61. The molecular formula is C20H17FN4O2S2. The molecule has 1 aromatic heterocycles. The maximum absolute atomic E-state index is 13.0. The number of anilines is 3. The quantitative estimate of drug-likeness (QED) is 0.440. The Balaban J connectivity index is 1.32. The zero-order valence-corrected chi connectivity index (χ0v) is 16.9. The Morgan fingerprint density at radius 1 is 1.14 bits per heavy atom. The van der Waals surface area contributed by atoms with E-state index in [1.54, 1.807) is 29.2 Å². The van der Waals surface area contributed by atoms with Gasteiger partial charge < -0.3 is 10.2 Å². The molecule has 0 unspecified atom stereocenters. The van der Waals surface area contributed by atoms with Gasteiger partial charge in [0.05, 0.1) is 5.75 Å². The molecule has 1 aliphatic heterocycles. The summed E-state index contributed by atoms with van der Waals surface area (Å²) in [7, 11) is 0. The first kappa shape index (κ1) is 19.5. The molecule has 2 aromatic carbocycles. The van der Waals surface area contributed by atoms with E-state index < -0.39 is 0 Å². The van der Waals surface area contributed by atoms with Crippen LogP contribution in [0.5, 0.6) is 0 Å². The molecule has 0 bridgehead atoms. The average Bonchev–Trinajstić information content (AvgIpc) is 3.37. The van der Waals surface area contributed by atoms with Crippen molar-refractivity contribution in [3.05, 3.63) is 59.9 Å². The predicted octanol–water partition coefficient (Wildman–Crippen LogP) is 4.52. The van der Waals surface area contributed by atoms with Crippen molar-refractivity contribution < 1.29 is 14.0 Å². The highest BCUT2D eigenvalue weighted by atomic mass is 32.2. The van der Waals surface area contributed by atoms with Gasteiger partial charge in [-0.2, -0.15) is 0 Å². The van der Waals surface area contributed by atoms with Gasteiger partial charge in [-0.25, -0.2) is 4.39 Å². The lowest BCUT2D eigenvalue weighted by Crippen LogP contribution is -2.23. The molecule has 0 saturated carbocycles. The maximum Gasteiger partial charge on any atom is 0.227 e. The number of ketones is 1. The Labute approximate surface area is 175 Å². The number of nitrogens with one attached hydrogen (secondary N) is 1. The number of carbonyl (C=O) groups excluding carboxylic acids is 2. The SMILES string of the molecule is O=C(CSc1nnc(Nc2ccc(F)cc2)s1)c1ccc(N2CCCC2=O)cc1. The number of aromatic nitrogens is 2. The lowest BCUT2D eigenvalue weighted by Gasteiger charge is -2.15. The first-order chi connectivity index (χ1) is 14.1. The minimum atomic E-state index is -0.303. The molecule has 9 heteroatoms. The first-order valence-corrected chi connectivity index (χ1v) is 10.8. The van der Waals surface area contributed by atoms with Gasteiger partial charge in [0.1, 0.15) is 5.82 Å². The van der Waals surface area contributed by atoms with Crippen LogP contribution in [0.4, 0.5) is 20.9 Å². The van der Waals surface area contributed by atoms with E-state index >= 15 is 0 Å². The molecular weight excluding hydrogens is 411 g/mol. The Bertz CT molecular complexity index is 1020. The van der Waals surface area contributed by atoms with Crippen molar-refractivity contribution in [1.82, 2.24) is 10.2 Å². The fourth-order valence-electron chi connectivity index (χ4n) is 2.93. The highest BCUT2D eigenvalue weighted by molar-refractivity contribution is 8.01. The van der Waals surface area contributed by atoms with Crippen LogP contribution < -0.4 is 10.2 Å². The number of hydrogen-bond acceptors (Lipinski definition) is 7. The van der Waals surface area contributed by atoms with E-state index in [1.165, 1.54) is 35.2 Å². The number of halogens is 1.